The fourth-order valence-corrected chi connectivity index (χ4v) is 3.18. The van der Waals surface area contributed by atoms with Crippen molar-refractivity contribution in [3.8, 4) is 0 Å². The van der Waals surface area contributed by atoms with Crippen LogP contribution in [0.3, 0.4) is 0 Å². The van der Waals surface area contributed by atoms with Crippen molar-refractivity contribution in [2.45, 2.75) is 46.1 Å². The van der Waals surface area contributed by atoms with Crippen LogP contribution in [0.1, 0.15) is 50.4 Å². The average Bonchev–Trinajstić information content (AvgIpc) is 2.56. The molecule has 1 aromatic rings. The normalized spacial score (nSPS) is 22.8. The molecule has 1 aliphatic rings. The van der Waals surface area contributed by atoms with E-state index < -0.39 is 5.97 Å². The molecule has 0 bridgehead atoms. The Hall–Kier alpha value is -2.37. The Kier molecular flexibility index (Phi) is 6.56. The Bertz CT molecular complexity index is 644. The molecule has 25 heavy (non-hydrogen) atoms. The quantitative estimate of drug-likeness (QED) is 0.803. The summed E-state index contributed by atoms with van der Waals surface area (Å²) in [5, 5.41) is 5.57. The van der Waals surface area contributed by atoms with Crippen molar-refractivity contribution in [3.05, 3.63) is 29.8 Å². The summed E-state index contributed by atoms with van der Waals surface area (Å²) < 4.78 is 5.09. The predicted octanol–water partition coefficient (Wildman–Crippen LogP) is 2.74. The highest BCUT2D eigenvalue weighted by Gasteiger charge is 2.28. The first kappa shape index (κ1) is 19.0. The van der Waals surface area contributed by atoms with Crippen molar-refractivity contribution >= 4 is 23.5 Å². The molecule has 0 unspecified atom stereocenters. The van der Waals surface area contributed by atoms with Crippen molar-refractivity contribution in [3.63, 3.8) is 0 Å². The van der Waals surface area contributed by atoms with E-state index in [2.05, 4.69) is 24.5 Å². The third-order valence-corrected chi connectivity index (χ3v) is 4.81. The topological polar surface area (TPSA) is 84.5 Å². The molecule has 0 aliphatic heterocycles. The lowest BCUT2D eigenvalue weighted by Crippen LogP contribution is -2.45. The third-order valence-electron chi connectivity index (χ3n) is 4.81. The lowest BCUT2D eigenvalue weighted by atomic mass is 9.78. The number of amides is 2. The molecule has 0 aromatic heterocycles. The van der Waals surface area contributed by atoms with Crippen LogP contribution in [0.4, 0.5) is 5.69 Å². The van der Waals surface area contributed by atoms with Crippen LogP contribution in [0.2, 0.25) is 0 Å². The summed E-state index contributed by atoms with van der Waals surface area (Å²) in [6.45, 7) is 5.43. The SMILES string of the molecule is CC(=O)Nc1cccc(C(=O)OCC(=O)N[C@H]2CCC[C@H](C)[C@H]2C)c1. The van der Waals surface area contributed by atoms with Gasteiger partial charge in [0.25, 0.3) is 5.91 Å². The van der Waals surface area contributed by atoms with Crippen LogP contribution < -0.4 is 10.6 Å². The molecular weight excluding hydrogens is 320 g/mol. The maximum Gasteiger partial charge on any atom is 0.338 e. The first-order valence-corrected chi connectivity index (χ1v) is 8.71. The van der Waals surface area contributed by atoms with Gasteiger partial charge >= 0.3 is 5.97 Å². The van der Waals surface area contributed by atoms with Crippen LogP contribution in [0, 0.1) is 11.8 Å². The average molecular weight is 346 g/mol. The number of hydrogen-bond acceptors (Lipinski definition) is 4. The second-order valence-corrected chi connectivity index (χ2v) is 6.78. The van der Waals surface area contributed by atoms with E-state index in [1.165, 1.54) is 19.4 Å². The fourth-order valence-electron chi connectivity index (χ4n) is 3.18. The number of hydrogen-bond donors (Lipinski definition) is 2. The molecule has 2 rings (SSSR count). The Labute approximate surface area is 148 Å². The van der Waals surface area contributed by atoms with Gasteiger partial charge in [0.2, 0.25) is 5.91 Å². The zero-order valence-electron chi connectivity index (χ0n) is 15.0. The maximum absolute atomic E-state index is 12.1. The second kappa shape index (κ2) is 8.65. The number of rotatable bonds is 5. The van der Waals surface area contributed by atoms with Crippen LogP contribution in [0.15, 0.2) is 24.3 Å². The summed E-state index contributed by atoms with van der Waals surface area (Å²) >= 11 is 0. The summed E-state index contributed by atoms with van der Waals surface area (Å²) in [5.41, 5.74) is 0.801. The maximum atomic E-state index is 12.1. The highest BCUT2D eigenvalue weighted by Crippen LogP contribution is 2.29. The predicted molar refractivity (Wildman–Crippen MR) is 95.1 cm³/mol. The number of benzene rings is 1. The van der Waals surface area contributed by atoms with Gasteiger partial charge in [-0.1, -0.05) is 32.8 Å². The van der Waals surface area contributed by atoms with Crippen molar-refractivity contribution < 1.29 is 19.1 Å². The Morgan fingerprint density at radius 1 is 1.20 bits per heavy atom. The summed E-state index contributed by atoms with van der Waals surface area (Å²) in [5.74, 6) is -0.0914. The fraction of sp³-hybridized carbons (Fsp3) is 0.526. The van der Waals surface area contributed by atoms with Gasteiger partial charge in [-0.2, -0.15) is 0 Å². The molecule has 1 aromatic carbocycles. The van der Waals surface area contributed by atoms with Gasteiger partial charge in [-0.15, -0.1) is 0 Å². The molecule has 0 heterocycles. The van der Waals surface area contributed by atoms with Crippen LogP contribution in [0.25, 0.3) is 0 Å². The second-order valence-electron chi connectivity index (χ2n) is 6.78. The molecule has 2 amide bonds. The molecule has 1 fully saturated rings. The number of anilines is 1. The van der Waals surface area contributed by atoms with E-state index in [0.29, 0.717) is 23.1 Å². The molecule has 6 heteroatoms. The number of ether oxygens (including phenoxy) is 1. The van der Waals surface area contributed by atoms with E-state index in [0.717, 1.165) is 12.8 Å². The van der Waals surface area contributed by atoms with Gasteiger partial charge in [-0.05, 0) is 36.5 Å². The van der Waals surface area contributed by atoms with E-state index in [1.54, 1.807) is 18.2 Å². The highest BCUT2D eigenvalue weighted by molar-refractivity contribution is 5.94. The van der Waals surface area contributed by atoms with Gasteiger partial charge in [0.1, 0.15) is 0 Å². The number of carbonyl (C=O) groups is 3. The summed E-state index contributed by atoms with van der Waals surface area (Å²) in [7, 11) is 0. The van der Waals surface area contributed by atoms with Crippen molar-refractivity contribution in [1.29, 1.82) is 0 Å². The molecular formula is C19H26N2O4. The Balaban J connectivity index is 1.85. The molecule has 0 radical (unpaired) electrons. The van der Waals surface area contributed by atoms with Crippen molar-refractivity contribution in [1.82, 2.24) is 5.32 Å². The van der Waals surface area contributed by atoms with Gasteiger partial charge in [0, 0.05) is 18.7 Å². The van der Waals surface area contributed by atoms with E-state index in [4.69, 9.17) is 4.74 Å². The molecule has 1 aliphatic carbocycles. The van der Waals surface area contributed by atoms with Crippen molar-refractivity contribution in [2.75, 3.05) is 11.9 Å². The highest BCUT2D eigenvalue weighted by atomic mass is 16.5. The zero-order valence-corrected chi connectivity index (χ0v) is 15.0. The van der Waals surface area contributed by atoms with Crippen LogP contribution >= 0.6 is 0 Å². The largest absolute Gasteiger partial charge is 0.452 e. The zero-order chi connectivity index (χ0) is 18.4. The first-order chi connectivity index (χ1) is 11.9. The molecule has 0 spiro atoms. The van der Waals surface area contributed by atoms with Crippen LogP contribution in [-0.4, -0.2) is 30.4 Å². The molecule has 136 valence electrons. The standard InChI is InChI=1S/C19H26N2O4/c1-12-6-4-9-17(13(12)2)21-18(23)11-25-19(24)15-7-5-8-16(10-15)20-14(3)22/h5,7-8,10,12-13,17H,4,6,9,11H2,1-3H3,(H,20,22)(H,21,23)/t12-,13+,17-/m0/s1. The van der Waals surface area contributed by atoms with Gasteiger partial charge < -0.3 is 15.4 Å². The monoisotopic (exact) mass is 346 g/mol. The van der Waals surface area contributed by atoms with E-state index >= 15 is 0 Å². The summed E-state index contributed by atoms with van der Waals surface area (Å²) in [6, 6.07) is 6.56. The molecule has 2 N–H and O–H groups in total. The van der Waals surface area contributed by atoms with Gasteiger partial charge in [-0.25, -0.2) is 4.79 Å². The minimum Gasteiger partial charge on any atom is -0.452 e. The minimum atomic E-state index is -0.590. The molecule has 1 saturated carbocycles. The van der Waals surface area contributed by atoms with E-state index in [-0.39, 0.29) is 24.5 Å². The van der Waals surface area contributed by atoms with Gasteiger partial charge in [0.15, 0.2) is 6.61 Å². The van der Waals surface area contributed by atoms with E-state index in [9.17, 15) is 14.4 Å². The van der Waals surface area contributed by atoms with Gasteiger partial charge in [0.05, 0.1) is 5.56 Å². The van der Waals surface area contributed by atoms with Gasteiger partial charge in [-0.3, -0.25) is 9.59 Å². The number of nitrogens with one attached hydrogen (secondary N) is 2. The summed E-state index contributed by atoms with van der Waals surface area (Å²) in [4.78, 5) is 35.2. The Morgan fingerprint density at radius 3 is 2.68 bits per heavy atom. The molecule has 0 saturated heterocycles. The van der Waals surface area contributed by atoms with Crippen molar-refractivity contribution in [2.24, 2.45) is 11.8 Å². The summed E-state index contributed by atoms with van der Waals surface area (Å²) in [6.07, 6.45) is 3.25. The Morgan fingerprint density at radius 2 is 1.96 bits per heavy atom. The lowest BCUT2D eigenvalue weighted by molar-refractivity contribution is -0.125. The lowest BCUT2D eigenvalue weighted by Gasteiger charge is -2.34. The molecule has 3 atom stereocenters. The van der Waals surface area contributed by atoms with Crippen LogP contribution in [-0.2, 0) is 14.3 Å². The number of esters is 1. The van der Waals surface area contributed by atoms with E-state index in [1.807, 2.05) is 0 Å². The minimum absolute atomic E-state index is 0.137. The smallest absolute Gasteiger partial charge is 0.338 e. The number of carbonyl (C=O) groups excluding carboxylic acids is 3. The molecule has 6 nitrogen and oxygen atoms in total. The van der Waals surface area contributed by atoms with Crippen LogP contribution in [0.5, 0.6) is 0 Å². The third kappa shape index (κ3) is 5.59. The first-order valence-electron chi connectivity index (χ1n) is 8.71.